The Hall–Kier alpha value is -2.41. The zero-order valence-electron chi connectivity index (χ0n) is 11.4. The van der Waals surface area contributed by atoms with Crippen molar-refractivity contribution in [3.63, 3.8) is 0 Å². The van der Waals surface area contributed by atoms with E-state index in [9.17, 15) is 5.26 Å². The Morgan fingerprint density at radius 3 is 2.80 bits per heavy atom. The zero-order valence-corrected chi connectivity index (χ0v) is 11.4. The normalized spacial score (nSPS) is 15.4. The Morgan fingerprint density at radius 2 is 2.15 bits per heavy atom. The summed E-state index contributed by atoms with van der Waals surface area (Å²) in [4.78, 5) is 8.94. The largest absolute Gasteiger partial charge is 0.361 e. The molecule has 1 atom stereocenters. The molecule has 2 heterocycles. The van der Waals surface area contributed by atoms with Crippen LogP contribution in [0.3, 0.4) is 0 Å². The van der Waals surface area contributed by atoms with Gasteiger partial charge in [-0.05, 0) is 44.0 Å². The Morgan fingerprint density at radius 1 is 1.30 bits per heavy atom. The van der Waals surface area contributed by atoms with E-state index in [2.05, 4.69) is 21.4 Å². The van der Waals surface area contributed by atoms with Crippen molar-refractivity contribution >= 4 is 5.82 Å². The van der Waals surface area contributed by atoms with Crippen molar-refractivity contribution in [1.29, 1.82) is 5.26 Å². The van der Waals surface area contributed by atoms with Gasteiger partial charge in [0.15, 0.2) is 0 Å². The summed E-state index contributed by atoms with van der Waals surface area (Å²) in [5, 5.41) is 12.5. The Kier molecular flexibility index (Phi) is 3.34. The van der Waals surface area contributed by atoms with Crippen molar-refractivity contribution in [3.05, 3.63) is 53.5 Å². The van der Waals surface area contributed by atoms with E-state index in [0.717, 1.165) is 11.4 Å². The molecule has 0 aliphatic heterocycles. The van der Waals surface area contributed by atoms with Crippen molar-refractivity contribution < 1.29 is 0 Å². The Labute approximate surface area is 118 Å². The van der Waals surface area contributed by atoms with Gasteiger partial charge in [0.05, 0.1) is 17.3 Å². The predicted molar refractivity (Wildman–Crippen MR) is 77.2 cm³/mol. The zero-order chi connectivity index (χ0) is 13.9. The minimum Gasteiger partial charge on any atom is -0.361 e. The van der Waals surface area contributed by atoms with Gasteiger partial charge < -0.3 is 5.32 Å². The lowest BCUT2D eigenvalue weighted by atomic mass is 10.1. The van der Waals surface area contributed by atoms with Crippen LogP contribution in [0.1, 0.15) is 48.7 Å². The van der Waals surface area contributed by atoms with Gasteiger partial charge in [-0.25, -0.2) is 4.98 Å². The number of nitrogens with one attached hydrogen (secondary N) is 1. The van der Waals surface area contributed by atoms with Gasteiger partial charge in [0, 0.05) is 17.8 Å². The molecule has 2 aromatic heterocycles. The highest BCUT2D eigenvalue weighted by Gasteiger charge is 2.25. The minimum absolute atomic E-state index is 0.0188. The molecule has 0 bridgehead atoms. The number of nitrogens with zero attached hydrogens (tertiary/aromatic N) is 3. The molecule has 0 amide bonds. The lowest BCUT2D eigenvalue weighted by Crippen LogP contribution is -2.11. The first-order chi connectivity index (χ1) is 9.78. The quantitative estimate of drug-likeness (QED) is 0.919. The summed E-state index contributed by atoms with van der Waals surface area (Å²) >= 11 is 0. The highest BCUT2D eigenvalue weighted by Crippen LogP contribution is 2.39. The van der Waals surface area contributed by atoms with Crippen molar-refractivity contribution in [2.45, 2.75) is 31.7 Å². The standard InChI is InChI=1S/C16H16N4/c1-11(14-4-2-3-9-18-14)19-16-13(10-17)7-8-15(20-16)12-5-6-12/h2-4,7-9,11-12H,5-6H2,1H3,(H,19,20). The van der Waals surface area contributed by atoms with Crippen LogP contribution >= 0.6 is 0 Å². The van der Waals surface area contributed by atoms with Crippen molar-refractivity contribution in [2.75, 3.05) is 5.32 Å². The van der Waals surface area contributed by atoms with E-state index < -0.39 is 0 Å². The fourth-order valence-corrected chi connectivity index (χ4v) is 2.19. The average Bonchev–Trinajstić information content (AvgIpc) is 3.33. The topological polar surface area (TPSA) is 61.6 Å². The summed E-state index contributed by atoms with van der Waals surface area (Å²) in [5.74, 6) is 1.24. The molecule has 0 spiro atoms. The third-order valence-electron chi connectivity index (χ3n) is 3.52. The number of rotatable bonds is 4. The molecule has 1 unspecified atom stereocenters. The monoisotopic (exact) mass is 264 g/mol. The molecular weight excluding hydrogens is 248 g/mol. The lowest BCUT2D eigenvalue weighted by molar-refractivity contribution is 0.827. The highest BCUT2D eigenvalue weighted by atomic mass is 15.0. The van der Waals surface area contributed by atoms with Crippen molar-refractivity contribution in [2.24, 2.45) is 0 Å². The van der Waals surface area contributed by atoms with Gasteiger partial charge in [-0.1, -0.05) is 6.07 Å². The molecule has 100 valence electrons. The van der Waals surface area contributed by atoms with Gasteiger partial charge in [0.1, 0.15) is 11.9 Å². The third kappa shape index (κ3) is 2.62. The average molecular weight is 264 g/mol. The maximum Gasteiger partial charge on any atom is 0.144 e. The second kappa shape index (κ2) is 5.30. The molecule has 1 fully saturated rings. The van der Waals surface area contributed by atoms with E-state index >= 15 is 0 Å². The SMILES string of the molecule is CC(Nc1nc(C2CC2)ccc1C#N)c1ccccn1. The van der Waals surface area contributed by atoms with Crippen molar-refractivity contribution in [1.82, 2.24) is 9.97 Å². The van der Waals surface area contributed by atoms with Crippen molar-refractivity contribution in [3.8, 4) is 6.07 Å². The fourth-order valence-electron chi connectivity index (χ4n) is 2.19. The number of anilines is 1. The van der Waals surface area contributed by atoms with Crippen LogP contribution in [0, 0.1) is 11.3 Å². The molecule has 3 rings (SSSR count). The number of pyridine rings is 2. The van der Waals surface area contributed by atoms with E-state index in [-0.39, 0.29) is 6.04 Å². The maximum atomic E-state index is 9.20. The summed E-state index contributed by atoms with van der Waals surface area (Å²) in [6, 6.07) is 11.8. The molecule has 0 aromatic carbocycles. The summed E-state index contributed by atoms with van der Waals surface area (Å²) in [7, 11) is 0. The van der Waals surface area contributed by atoms with Crippen LogP contribution in [0.15, 0.2) is 36.5 Å². The molecule has 4 heteroatoms. The number of hydrogen-bond acceptors (Lipinski definition) is 4. The van der Waals surface area contributed by atoms with Crippen LogP contribution in [0.2, 0.25) is 0 Å². The fraction of sp³-hybridized carbons (Fsp3) is 0.312. The highest BCUT2D eigenvalue weighted by molar-refractivity contribution is 5.53. The van der Waals surface area contributed by atoms with Gasteiger partial charge in [-0.15, -0.1) is 0 Å². The molecular formula is C16H16N4. The molecule has 1 N–H and O–H groups in total. The number of aromatic nitrogens is 2. The second-order valence-corrected chi connectivity index (χ2v) is 5.14. The van der Waals surface area contributed by atoms with Crippen LogP contribution in [0.5, 0.6) is 0 Å². The number of nitriles is 1. The smallest absolute Gasteiger partial charge is 0.144 e. The van der Waals surface area contributed by atoms with Crippen LogP contribution in [0.25, 0.3) is 0 Å². The van der Waals surface area contributed by atoms with Gasteiger partial charge >= 0.3 is 0 Å². The number of hydrogen-bond donors (Lipinski definition) is 1. The molecule has 1 aliphatic carbocycles. The lowest BCUT2D eigenvalue weighted by Gasteiger charge is -2.15. The van der Waals surface area contributed by atoms with E-state index in [1.165, 1.54) is 12.8 Å². The van der Waals surface area contributed by atoms with Crippen LogP contribution in [-0.4, -0.2) is 9.97 Å². The van der Waals surface area contributed by atoms with E-state index in [4.69, 9.17) is 0 Å². The maximum absolute atomic E-state index is 9.20. The first kappa shape index (κ1) is 12.6. The summed E-state index contributed by atoms with van der Waals surface area (Å²) in [6.45, 7) is 2.02. The summed E-state index contributed by atoms with van der Waals surface area (Å²) in [6.07, 6.45) is 4.18. The van der Waals surface area contributed by atoms with E-state index in [1.54, 1.807) is 6.20 Å². The minimum atomic E-state index is 0.0188. The van der Waals surface area contributed by atoms with E-state index in [0.29, 0.717) is 17.3 Å². The van der Waals surface area contributed by atoms with Gasteiger partial charge in [0.25, 0.3) is 0 Å². The molecule has 0 saturated heterocycles. The summed E-state index contributed by atoms with van der Waals surface area (Å²) in [5.41, 5.74) is 2.60. The molecule has 20 heavy (non-hydrogen) atoms. The first-order valence-electron chi connectivity index (χ1n) is 6.86. The summed E-state index contributed by atoms with van der Waals surface area (Å²) < 4.78 is 0. The van der Waals surface area contributed by atoms with Crippen LogP contribution < -0.4 is 5.32 Å². The Balaban J connectivity index is 1.85. The first-order valence-corrected chi connectivity index (χ1v) is 6.86. The van der Waals surface area contributed by atoms with Crippen LogP contribution in [-0.2, 0) is 0 Å². The van der Waals surface area contributed by atoms with E-state index in [1.807, 2.05) is 37.3 Å². The van der Waals surface area contributed by atoms with Crippen LogP contribution in [0.4, 0.5) is 5.82 Å². The van der Waals surface area contributed by atoms with Gasteiger partial charge in [-0.3, -0.25) is 4.98 Å². The second-order valence-electron chi connectivity index (χ2n) is 5.14. The molecule has 1 aliphatic rings. The molecule has 0 radical (unpaired) electrons. The molecule has 2 aromatic rings. The Bertz CT molecular complexity index is 641. The predicted octanol–water partition coefficient (Wildman–Crippen LogP) is 3.40. The third-order valence-corrected chi connectivity index (χ3v) is 3.52. The van der Waals surface area contributed by atoms with Gasteiger partial charge in [-0.2, -0.15) is 5.26 Å². The van der Waals surface area contributed by atoms with Gasteiger partial charge in [0.2, 0.25) is 0 Å². The molecule has 1 saturated carbocycles. The molecule has 4 nitrogen and oxygen atoms in total.